The maximum absolute atomic E-state index is 13.0. The first-order valence-corrected chi connectivity index (χ1v) is 10.1. The Labute approximate surface area is 163 Å². The smallest absolute Gasteiger partial charge is 0.253 e. The predicted octanol–water partition coefficient (Wildman–Crippen LogP) is 4.40. The topological polar surface area (TPSA) is 23.6 Å². The van der Waals surface area contributed by atoms with Gasteiger partial charge in [-0.05, 0) is 63.8 Å². The van der Waals surface area contributed by atoms with Gasteiger partial charge < -0.3 is 4.90 Å². The fraction of sp³-hybridized carbons (Fsp3) is 0.458. The van der Waals surface area contributed by atoms with Crippen LogP contribution in [0.5, 0.6) is 0 Å². The van der Waals surface area contributed by atoms with Crippen LogP contribution in [0, 0.1) is 13.8 Å². The van der Waals surface area contributed by atoms with Crippen molar-refractivity contribution in [3.63, 3.8) is 0 Å². The Hall–Kier alpha value is -2.13. The van der Waals surface area contributed by atoms with Crippen molar-refractivity contribution in [2.45, 2.75) is 44.6 Å². The van der Waals surface area contributed by atoms with Gasteiger partial charge in [0.05, 0.1) is 0 Å². The first kappa shape index (κ1) is 18.2. The molecule has 2 saturated heterocycles. The normalized spacial score (nSPS) is 22.3. The highest BCUT2D eigenvalue weighted by molar-refractivity contribution is 5.94. The number of nitrogens with zero attached hydrogens (tertiary/aromatic N) is 2. The molecule has 0 saturated carbocycles. The first-order valence-electron chi connectivity index (χ1n) is 10.1. The molecule has 3 heteroatoms. The van der Waals surface area contributed by atoms with Gasteiger partial charge in [-0.3, -0.25) is 9.69 Å². The van der Waals surface area contributed by atoms with E-state index in [1.54, 1.807) is 0 Å². The Bertz CT molecular complexity index is 801. The number of benzene rings is 2. The number of aryl methyl sites for hydroxylation is 2. The van der Waals surface area contributed by atoms with Crippen LogP contribution in [-0.2, 0) is 0 Å². The van der Waals surface area contributed by atoms with Crippen molar-refractivity contribution in [2.75, 3.05) is 26.7 Å². The number of hydrogen-bond donors (Lipinski definition) is 0. The number of amides is 1. The van der Waals surface area contributed by atoms with Crippen LogP contribution in [0.25, 0.3) is 0 Å². The second-order valence-corrected chi connectivity index (χ2v) is 8.59. The minimum absolute atomic E-state index is 0.192. The minimum Gasteiger partial charge on any atom is -0.339 e. The number of piperidine rings is 1. The zero-order chi connectivity index (χ0) is 19.0. The van der Waals surface area contributed by atoms with Crippen molar-refractivity contribution in [3.8, 4) is 0 Å². The first-order chi connectivity index (χ1) is 13.0. The molecule has 0 aromatic heterocycles. The average Bonchev–Trinajstić information content (AvgIpc) is 2.98. The van der Waals surface area contributed by atoms with Crippen molar-refractivity contribution >= 4 is 5.91 Å². The molecule has 1 spiro atoms. The lowest BCUT2D eigenvalue weighted by Crippen LogP contribution is -2.52. The third kappa shape index (κ3) is 3.53. The highest BCUT2D eigenvalue weighted by Crippen LogP contribution is 2.44. The summed E-state index contributed by atoms with van der Waals surface area (Å²) in [6.07, 6.45) is 3.35. The summed E-state index contributed by atoms with van der Waals surface area (Å²) >= 11 is 0. The van der Waals surface area contributed by atoms with E-state index in [0.29, 0.717) is 5.92 Å². The van der Waals surface area contributed by atoms with Crippen molar-refractivity contribution in [3.05, 3.63) is 70.8 Å². The molecule has 1 unspecified atom stereocenters. The summed E-state index contributed by atoms with van der Waals surface area (Å²) in [5.41, 5.74) is 4.86. The van der Waals surface area contributed by atoms with Crippen LogP contribution in [0.3, 0.4) is 0 Å². The molecule has 27 heavy (non-hydrogen) atoms. The van der Waals surface area contributed by atoms with Gasteiger partial charge in [-0.1, -0.05) is 47.5 Å². The molecule has 4 rings (SSSR count). The van der Waals surface area contributed by atoms with Gasteiger partial charge in [-0.2, -0.15) is 0 Å². The molecule has 0 N–H and O–H groups in total. The Morgan fingerprint density at radius 2 is 1.63 bits per heavy atom. The molecule has 0 aliphatic carbocycles. The van der Waals surface area contributed by atoms with Gasteiger partial charge in [0.25, 0.3) is 5.91 Å². The molecule has 142 valence electrons. The van der Waals surface area contributed by atoms with Crippen LogP contribution in [0.15, 0.2) is 48.5 Å². The van der Waals surface area contributed by atoms with Gasteiger partial charge in [0, 0.05) is 30.7 Å². The molecule has 2 fully saturated rings. The highest BCUT2D eigenvalue weighted by Gasteiger charge is 2.46. The molecular weight excluding hydrogens is 332 g/mol. The van der Waals surface area contributed by atoms with Crippen LogP contribution in [-0.4, -0.2) is 47.9 Å². The number of hydrogen-bond acceptors (Lipinski definition) is 2. The monoisotopic (exact) mass is 362 g/mol. The van der Waals surface area contributed by atoms with E-state index in [1.165, 1.54) is 12.0 Å². The maximum Gasteiger partial charge on any atom is 0.253 e. The van der Waals surface area contributed by atoms with Crippen LogP contribution in [0.2, 0.25) is 0 Å². The molecule has 2 aromatic rings. The van der Waals surface area contributed by atoms with Gasteiger partial charge in [-0.15, -0.1) is 0 Å². The van der Waals surface area contributed by atoms with Crippen molar-refractivity contribution in [2.24, 2.45) is 0 Å². The maximum atomic E-state index is 13.0. The summed E-state index contributed by atoms with van der Waals surface area (Å²) in [5, 5.41) is 0. The van der Waals surface area contributed by atoms with E-state index in [9.17, 15) is 4.79 Å². The molecule has 2 aliphatic rings. The third-order valence-corrected chi connectivity index (χ3v) is 6.65. The molecule has 3 nitrogen and oxygen atoms in total. The standard InChI is InChI=1S/C24H30N2O/c1-18-13-19(2)15-21(14-18)23(27)26-11-9-24(10-12-26)16-22(17-25(24)3)20-7-5-4-6-8-20/h4-8,13-15,22H,9-12,16-17H2,1-3H3. The lowest BCUT2D eigenvalue weighted by atomic mass is 9.81. The molecule has 2 aliphatic heterocycles. The summed E-state index contributed by atoms with van der Waals surface area (Å²) in [6, 6.07) is 17.1. The number of carbonyl (C=O) groups excluding carboxylic acids is 1. The Morgan fingerprint density at radius 3 is 2.26 bits per heavy atom. The van der Waals surface area contributed by atoms with E-state index in [-0.39, 0.29) is 11.4 Å². The van der Waals surface area contributed by atoms with E-state index in [0.717, 1.165) is 49.2 Å². The second kappa shape index (κ2) is 7.12. The molecule has 0 radical (unpaired) electrons. The molecule has 1 atom stereocenters. The zero-order valence-electron chi connectivity index (χ0n) is 16.7. The number of likely N-dealkylation sites (N-methyl/N-ethyl adjacent to an activating group) is 1. The number of carbonyl (C=O) groups is 1. The average molecular weight is 363 g/mol. The predicted molar refractivity (Wildman–Crippen MR) is 110 cm³/mol. The largest absolute Gasteiger partial charge is 0.339 e. The minimum atomic E-state index is 0.192. The van der Waals surface area contributed by atoms with Crippen molar-refractivity contribution < 1.29 is 4.79 Å². The van der Waals surface area contributed by atoms with E-state index in [2.05, 4.69) is 67.1 Å². The summed E-state index contributed by atoms with van der Waals surface area (Å²) in [5.74, 6) is 0.801. The lowest BCUT2D eigenvalue weighted by molar-refractivity contribution is 0.0492. The van der Waals surface area contributed by atoms with Crippen molar-refractivity contribution in [1.82, 2.24) is 9.80 Å². The van der Waals surface area contributed by atoms with E-state index < -0.39 is 0 Å². The lowest BCUT2D eigenvalue weighted by Gasteiger charge is -2.43. The summed E-state index contributed by atoms with van der Waals surface area (Å²) in [6.45, 7) is 6.96. The SMILES string of the molecule is Cc1cc(C)cc(C(=O)N2CCC3(CC2)CC(c2ccccc2)CN3C)c1. The van der Waals surface area contributed by atoms with Crippen LogP contribution in [0.4, 0.5) is 0 Å². The number of likely N-dealkylation sites (tertiary alicyclic amines) is 2. The molecular formula is C24H30N2O. The third-order valence-electron chi connectivity index (χ3n) is 6.65. The van der Waals surface area contributed by atoms with Gasteiger partial charge >= 0.3 is 0 Å². The van der Waals surface area contributed by atoms with E-state index in [1.807, 2.05) is 12.1 Å². The van der Waals surface area contributed by atoms with Crippen LogP contribution in [0.1, 0.15) is 52.2 Å². The molecule has 1 amide bonds. The zero-order valence-corrected chi connectivity index (χ0v) is 16.7. The fourth-order valence-electron chi connectivity index (χ4n) is 5.14. The molecule has 0 bridgehead atoms. The molecule has 2 aromatic carbocycles. The summed E-state index contributed by atoms with van der Waals surface area (Å²) in [7, 11) is 2.27. The second-order valence-electron chi connectivity index (χ2n) is 8.59. The van der Waals surface area contributed by atoms with Gasteiger partial charge in [0.1, 0.15) is 0 Å². The van der Waals surface area contributed by atoms with Crippen LogP contribution < -0.4 is 0 Å². The quantitative estimate of drug-likeness (QED) is 0.791. The molecule has 2 heterocycles. The van der Waals surface area contributed by atoms with E-state index >= 15 is 0 Å². The van der Waals surface area contributed by atoms with E-state index in [4.69, 9.17) is 0 Å². The Kier molecular flexibility index (Phi) is 4.81. The number of rotatable bonds is 2. The summed E-state index contributed by atoms with van der Waals surface area (Å²) in [4.78, 5) is 17.6. The summed E-state index contributed by atoms with van der Waals surface area (Å²) < 4.78 is 0. The Morgan fingerprint density at radius 1 is 1.00 bits per heavy atom. The van der Waals surface area contributed by atoms with Crippen LogP contribution >= 0.6 is 0 Å². The van der Waals surface area contributed by atoms with Gasteiger partial charge in [0.15, 0.2) is 0 Å². The van der Waals surface area contributed by atoms with Gasteiger partial charge in [0.2, 0.25) is 0 Å². The van der Waals surface area contributed by atoms with Gasteiger partial charge in [-0.25, -0.2) is 0 Å². The fourth-order valence-corrected chi connectivity index (χ4v) is 5.14. The Balaban J connectivity index is 1.44. The van der Waals surface area contributed by atoms with Crippen molar-refractivity contribution in [1.29, 1.82) is 0 Å². The highest BCUT2D eigenvalue weighted by atomic mass is 16.2.